The number of anilines is 2. The molecule has 1 heterocycles. The van der Waals surface area contributed by atoms with Gasteiger partial charge in [-0.05, 0) is 38.2 Å². The van der Waals surface area contributed by atoms with E-state index in [0.29, 0.717) is 29.0 Å². The van der Waals surface area contributed by atoms with Crippen LogP contribution in [0.15, 0.2) is 41.6 Å². The normalized spacial score (nSPS) is 11.4. The highest BCUT2D eigenvalue weighted by Gasteiger charge is 2.38. The number of nitrogens with one attached hydrogen (secondary N) is 2. The molecule has 0 aliphatic rings. The van der Waals surface area contributed by atoms with Crippen molar-refractivity contribution in [3.8, 4) is 17.2 Å². The Balaban J connectivity index is 0.000000799. The molecular formula is C24H27BrF6N4O7S. The van der Waals surface area contributed by atoms with Gasteiger partial charge in [0.25, 0.3) is 0 Å². The van der Waals surface area contributed by atoms with E-state index in [1.54, 1.807) is 12.1 Å². The summed E-state index contributed by atoms with van der Waals surface area (Å²) in [5.74, 6) is -1.94. The molecule has 11 nitrogen and oxygen atoms in total. The lowest BCUT2D eigenvalue weighted by atomic mass is 10.2. The number of carboxylic acid groups (broad SMARTS) is 1. The second-order valence-electron chi connectivity index (χ2n) is 7.64. The fraction of sp³-hybridized carbons (Fsp3) is 0.375. The first kappa shape index (κ1) is 37.4. The van der Waals surface area contributed by atoms with Gasteiger partial charge in [-0.2, -0.15) is 26.3 Å². The van der Waals surface area contributed by atoms with E-state index < -0.39 is 35.0 Å². The van der Waals surface area contributed by atoms with E-state index in [2.05, 4.69) is 35.9 Å². The third-order valence-electron chi connectivity index (χ3n) is 4.64. The fourth-order valence-electron chi connectivity index (χ4n) is 2.90. The maximum Gasteiger partial charge on any atom is 0.490 e. The zero-order valence-electron chi connectivity index (χ0n) is 22.9. The summed E-state index contributed by atoms with van der Waals surface area (Å²) in [6.45, 7) is 2.69. The molecule has 0 fully saturated rings. The minimum absolute atomic E-state index is 0.0385. The Bertz CT molecular complexity index is 1480. The van der Waals surface area contributed by atoms with E-state index >= 15 is 0 Å². The highest BCUT2D eigenvalue weighted by Crippen LogP contribution is 2.37. The van der Waals surface area contributed by atoms with Crippen LogP contribution < -0.4 is 24.2 Å². The largest absolute Gasteiger partial charge is 0.493 e. The molecule has 0 saturated carbocycles. The standard InChI is InChI=1S/C20H21F3N4O5S.C2H5Br.C2HF3O2/c1-4-31-18-9-14-13(8-17(18)30-3)19(26-11-25-14)27-15-7-12(33(28,29)24-2)5-6-16(15)32-10-20(21,22)23;1-2-3;3-2(4,5)1(6)7/h5-9,11,24H,4,10H2,1-3H3,(H,25,26,27);2H2,1H3;(H,6,7). The molecule has 0 aliphatic heterocycles. The molecule has 0 aliphatic carbocycles. The molecule has 0 amide bonds. The number of carboxylic acids is 1. The van der Waals surface area contributed by atoms with Crippen LogP contribution in [0, 0.1) is 0 Å². The lowest BCUT2D eigenvalue weighted by Crippen LogP contribution is -2.21. The zero-order chi connectivity index (χ0) is 33.0. The number of nitrogens with zero attached hydrogens (tertiary/aromatic N) is 2. The summed E-state index contributed by atoms with van der Waals surface area (Å²) in [6.07, 6.45) is -8.42. The topological polar surface area (TPSA) is 149 Å². The first-order valence-corrected chi connectivity index (χ1v) is 14.4. The lowest BCUT2D eigenvalue weighted by Gasteiger charge is -2.17. The molecule has 0 unspecified atom stereocenters. The van der Waals surface area contributed by atoms with Crippen LogP contribution in [-0.4, -0.2) is 74.5 Å². The van der Waals surface area contributed by atoms with Crippen molar-refractivity contribution in [2.24, 2.45) is 0 Å². The average molecular weight is 709 g/mol. The lowest BCUT2D eigenvalue weighted by molar-refractivity contribution is -0.192. The van der Waals surface area contributed by atoms with Crippen LogP contribution in [0.25, 0.3) is 10.9 Å². The van der Waals surface area contributed by atoms with Gasteiger partial charge in [0, 0.05) is 16.8 Å². The van der Waals surface area contributed by atoms with Gasteiger partial charge in [0.1, 0.15) is 17.9 Å². The van der Waals surface area contributed by atoms with Crippen molar-refractivity contribution in [3.05, 3.63) is 36.7 Å². The number of benzene rings is 2. The van der Waals surface area contributed by atoms with Crippen LogP contribution in [0.5, 0.6) is 17.2 Å². The highest BCUT2D eigenvalue weighted by atomic mass is 79.9. The molecule has 43 heavy (non-hydrogen) atoms. The van der Waals surface area contributed by atoms with Gasteiger partial charge in [0.2, 0.25) is 10.0 Å². The maximum atomic E-state index is 12.7. The smallest absolute Gasteiger partial charge is 0.490 e. The molecule has 3 aromatic rings. The number of alkyl halides is 7. The van der Waals surface area contributed by atoms with Gasteiger partial charge in [0.15, 0.2) is 18.1 Å². The van der Waals surface area contributed by atoms with Crippen molar-refractivity contribution in [3.63, 3.8) is 0 Å². The predicted octanol–water partition coefficient (Wildman–Crippen LogP) is 5.66. The molecule has 2 aromatic carbocycles. The predicted molar refractivity (Wildman–Crippen MR) is 148 cm³/mol. The van der Waals surface area contributed by atoms with Gasteiger partial charge in [-0.1, -0.05) is 22.9 Å². The van der Waals surface area contributed by atoms with Crippen molar-refractivity contribution >= 4 is 54.3 Å². The molecule has 0 atom stereocenters. The quantitative estimate of drug-likeness (QED) is 0.188. The molecule has 0 radical (unpaired) electrons. The number of hydrogen-bond acceptors (Lipinski definition) is 9. The minimum Gasteiger partial charge on any atom is -0.493 e. The number of fused-ring (bicyclic) bond motifs is 1. The molecule has 240 valence electrons. The molecule has 0 bridgehead atoms. The van der Waals surface area contributed by atoms with E-state index in [9.17, 15) is 34.8 Å². The number of aromatic nitrogens is 2. The molecule has 1 aromatic heterocycles. The number of methoxy groups -OCH3 is 1. The Hall–Kier alpha value is -3.58. The Morgan fingerprint density at radius 1 is 1.00 bits per heavy atom. The van der Waals surface area contributed by atoms with Gasteiger partial charge in [-0.3, -0.25) is 0 Å². The van der Waals surface area contributed by atoms with Crippen molar-refractivity contribution in [2.45, 2.75) is 31.1 Å². The van der Waals surface area contributed by atoms with Crippen LogP contribution in [0.1, 0.15) is 13.8 Å². The van der Waals surface area contributed by atoms with Gasteiger partial charge in [-0.25, -0.2) is 27.9 Å². The molecule has 19 heteroatoms. The minimum atomic E-state index is -5.08. The molecule has 0 spiro atoms. The number of ether oxygens (including phenoxy) is 3. The van der Waals surface area contributed by atoms with Crippen molar-refractivity contribution in [1.29, 1.82) is 0 Å². The van der Waals surface area contributed by atoms with Crippen LogP contribution >= 0.6 is 15.9 Å². The van der Waals surface area contributed by atoms with Gasteiger partial charge < -0.3 is 24.6 Å². The van der Waals surface area contributed by atoms with Gasteiger partial charge in [0.05, 0.1) is 29.8 Å². The van der Waals surface area contributed by atoms with E-state index in [4.69, 9.17) is 24.1 Å². The highest BCUT2D eigenvalue weighted by molar-refractivity contribution is 9.09. The van der Waals surface area contributed by atoms with Crippen molar-refractivity contribution < 1.29 is 58.9 Å². The molecule has 3 N–H and O–H groups in total. The van der Waals surface area contributed by atoms with E-state index in [-0.39, 0.29) is 22.2 Å². The maximum absolute atomic E-state index is 12.7. The summed E-state index contributed by atoms with van der Waals surface area (Å²) >= 11 is 3.15. The summed E-state index contributed by atoms with van der Waals surface area (Å²) in [5, 5.41) is 11.5. The number of hydrogen-bond donors (Lipinski definition) is 3. The Morgan fingerprint density at radius 3 is 2.09 bits per heavy atom. The zero-order valence-corrected chi connectivity index (χ0v) is 25.3. The number of sulfonamides is 1. The monoisotopic (exact) mass is 708 g/mol. The third-order valence-corrected chi connectivity index (χ3v) is 6.05. The number of carbonyl (C=O) groups is 1. The average Bonchev–Trinajstić information content (AvgIpc) is 2.92. The Kier molecular flexibility index (Phi) is 14.2. The summed E-state index contributed by atoms with van der Waals surface area (Å²) in [7, 11) is -1.20. The molecule has 0 saturated heterocycles. The van der Waals surface area contributed by atoms with Gasteiger partial charge in [-0.15, -0.1) is 0 Å². The summed E-state index contributed by atoms with van der Waals surface area (Å²) in [5.41, 5.74) is 0.428. The van der Waals surface area contributed by atoms with E-state index in [1.807, 2.05) is 13.8 Å². The van der Waals surface area contributed by atoms with Crippen LogP contribution in [0.2, 0.25) is 0 Å². The first-order valence-electron chi connectivity index (χ1n) is 11.8. The van der Waals surface area contributed by atoms with Gasteiger partial charge >= 0.3 is 18.3 Å². The molecule has 3 rings (SSSR count). The van der Waals surface area contributed by atoms with Crippen LogP contribution in [0.4, 0.5) is 37.8 Å². The third kappa shape index (κ3) is 11.9. The van der Waals surface area contributed by atoms with Crippen molar-refractivity contribution in [1.82, 2.24) is 14.7 Å². The SMILES string of the molecule is CCBr.CCOc1cc2ncnc(Nc3cc(S(=O)(=O)NC)ccc3OCC(F)(F)F)c2cc1OC.O=C(O)C(F)(F)F. The Labute approximate surface area is 250 Å². The molecular weight excluding hydrogens is 682 g/mol. The second kappa shape index (κ2) is 16.3. The first-order chi connectivity index (χ1) is 19.9. The second-order valence-corrected chi connectivity index (χ2v) is 10.6. The van der Waals surface area contributed by atoms with Crippen LogP contribution in [0.3, 0.4) is 0 Å². The van der Waals surface area contributed by atoms with E-state index in [1.165, 1.54) is 20.5 Å². The Morgan fingerprint density at radius 2 is 1.60 bits per heavy atom. The number of aliphatic carboxylic acids is 1. The van der Waals surface area contributed by atoms with Crippen molar-refractivity contribution in [2.75, 3.05) is 38.0 Å². The number of halogens is 7. The summed E-state index contributed by atoms with van der Waals surface area (Å²) in [4.78, 5) is 17.1. The summed E-state index contributed by atoms with van der Waals surface area (Å²) in [6, 6.07) is 6.66. The summed E-state index contributed by atoms with van der Waals surface area (Å²) < 4.78 is 112. The fourth-order valence-corrected chi connectivity index (χ4v) is 3.65. The van der Waals surface area contributed by atoms with E-state index in [0.717, 1.165) is 23.5 Å². The van der Waals surface area contributed by atoms with Crippen LogP contribution in [-0.2, 0) is 14.8 Å². The number of rotatable bonds is 9.